The lowest BCUT2D eigenvalue weighted by Crippen LogP contribution is -2.07. The molecule has 1 heterocycles. The van der Waals surface area contributed by atoms with Gasteiger partial charge in [0, 0.05) is 21.5 Å². The van der Waals surface area contributed by atoms with Gasteiger partial charge in [-0.05, 0) is 54.3 Å². The third-order valence-electron chi connectivity index (χ3n) is 6.78. The first kappa shape index (κ1) is 27.5. The highest BCUT2D eigenvalue weighted by molar-refractivity contribution is 6.30. The van der Waals surface area contributed by atoms with E-state index in [2.05, 4.69) is 5.10 Å². The van der Waals surface area contributed by atoms with Gasteiger partial charge in [-0.25, -0.2) is 4.39 Å². The minimum atomic E-state index is -4.60. The van der Waals surface area contributed by atoms with Gasteiger partial charge in [0.25, 0.3) is 0 Å². The summed E-state index contributed by atoms with van der Waals surface area (Å²) in [5.74, 6) is 0.740. The van der Waals surface area contributed by atoms with E-state index in [1.165, 1.54) is 28.9 Å². The van der Waals surface area contributed by atoms with Crippen molar-refractivity contribution in [1.29, 1.82) is 0 Å². The lowest BCUT2D eigenvalue weighted by Gasteiger charge is -2.13. The van der Waals surface area contributed by atoms with Crippen LogP contribution in [0.5, 0.6) is 11.5 Å². The van der Waals surface area contributed by atoms with Gasteiger partial charge in [-0.1, -0.05) is 60.1 Å². The zero-order valence-electron chi connectivity index (χ0n) is 21.7. The molecule has 0 amide bonds. The van der Waals surface area contributed by atoms with Crippen LogP contribution < -0.4 is 9.47 Å². The van der Waals surface area contributed by atoms with E-state index in [1.807, 2.05) is 42.5 Å². The van der Waals surface area contributed by atoms with Gasteiger partial charge in [-0.3, -0.25) is 4.68 Å². The SMILES string of the molecule is COc1cccc(CCc2cccc(-c3c4cccc(C(F)(F)F)c4nn3Cc3ccc(Cl)cc3F)c2)c1OC. The molecule has 0 saturated carbocycles. The Hall–Kier alpha value is -4.04. The number of ether oxygens (including phenoxy) is 2. The van der Waals surface area contributed by atoms with Crippen LogP contribution in [0.1, 0.15) is 22.3 Å². The van der Waals surface area contributed by atoms with Crippen molar-refractivity contribution in [2.75, 3.05) is 14.2 Å². The predicted octanol–water partition coefficient (Wildman–Crippen LogP) is 8.37. The molecule has 0 N–H and O–H groups in total. The Labute approximate surface area is 233 Å². The molecule has 40 heavy (non-hydrogen) atoms. The first-order valence-electron chi connectivity index (χ1n) is 12.5. The van der Waals surface area contributed by atoms with E-state index in [9.17, 15) is 17.6 Å². The lowest BCUT2D eigenvalue weighted by molar-refractivity contribution is -0.136. The van der Waals surface area contributed by atoms with Crippen molar-refractivity contribution >= 4 is 22.5 Å². The summed E-state index contributed by atoms with van der Waals surface area (Å²) in [4.78, 5) is 0. The molecule has 0 unspecified atom stereocenters. The van der Waals surface area contributed by atoms with Crippen molar-refractivity contribution in [3.05, 3.63) is 112 Å². The Morgan fingerprint density at radius 3 is 2.35 bits per heavy atom. The summed E-state index contributed by atoms with van der Waals surface area (Å²) in [6.45, 7) is -0.0739. The molecule has 0 saturated heterocycles. The number of para-hydroxylation sites is 1. The predicted molar refractivity (Wildman–Crippen MR) is 148 cm³/mol. The molecule has 0 aliphatic carbocycles. The molecule has 4 aromatic carbocycles. The Balaban J connectivity index is 1.58. The van der Waals surface area contributed by atoms with Crippen LogP contribution in [-0.2, 0) is 25.6 Å². The van der Waals surface area contributed by atoms with Crippen molar-refractivity contribution in [2.45, 2.75) is 25.6 Å². The van der Waals surface area contributed by atoms with Crippen LogP contribution in [0.4, 0.5) is 17.6 Å². The average Bonchev–Trinajstić information content (AvgIpc) is 3.30. The molecule has 0 fully saturated rings. The monoisotopic (exact) mass is 568 g/mol. The maximum atomic E-state index is 14.7. The molecule has 5 aromatic rings. The molecule has 0 atom stereocenters. The standard InChI is InChI=1S/C31H25ClF4N2O2/c1-39-27-11-4-7-20(30(27)40-2)13-12-19-6-3-8-21(16-19)29-24-9-5-10-25(31(34,35)36)28(24)37-38(29)18-22-14-15-23(32)17-26(22)33/h3-11,14-17H,12-13,18H2,1-2H3. The number of halogens is 5. The van der Waals surface area contributed by atoms with Gasteiger partial charge in [-0.15, -0.1) is 0 Å². The smallest absolute Gasteiger partial charge is 0.418 e. The molecule has 9 heteroatoms. The number of hydrogen-bond acceptors (Lipinski definition) is 3. The summed E-state index contributed by atoms with van der Waals surface area (Å²) in [5, 5.41) is 4.90. The van der Waals surface area contributed by atoms with E-state index in [4.69, 9.17) is 21.1 Å². The highest BCUT2D eigenvalue weighted by Gasteiger charge is 2.34. The van der Waals surface area contributed by atoms with Gasteiger partial charge < -0.3 is 9.47 Å². The second-order valence-corrected chi connectivity index (χ2v) is 9.73. The fourth-order valence-corrected chi connectivity index (χ4v) is 5.07. The Kier molecular flexibility index (Phi) is 7.72. The Bertz CT molecular complexity index is 1680. The van der Waals surface area contributed by atoms with Crippen LogP contribution in [0, 0.1) is 5.82 Å². The number of nitrogens with zero attached hydrogens (tertiary/aromatic N) is 2. The van der Waals surface area contributed by atoms with Gasteiger partial charge in [0.05, 0.1) is 32.0 Å². The molecule has 1 aromatic heterocycles. The summed E-state index contributed by atoms with van der Waals surface area (Å²) in [6.07, 6.45) is -3.31. The number of rotatable bonds is 8. The van der Waals surface area contributed by atoms with Gasteiger partial charge >= 0.3 is 6.18 Å². The van der Waals surface area contributed by atoms with Crippen LogP contribution in [0.3, 0.4) is 0 Å². The number of aryl methyl sites for hydroxylation is 2. The van der Waals surface area contributed by atoms with Crippen LogP contribution in [-0.4, -0.2) is 24.0 Å². The van der Waals surface area contributed by atoms with Crippen molar-refractivity contribution in [2.24, 2.45) is 0 Å². The van der Waals surface area contributed by atoms with Gasteiger partial charge in [0.15, 0.2) is 11.5 Å². The molecule has 5 rings (SSSR count). The highest BCUT2D eigenvalue weighted by Crippen LogP contribution is 2.39. The molecule has 0 spiro atoms. The fourth-order valence-electron chi connectivity index (χ4n) is 4.91. The maximum absolute atomic E-state index is 14.7. The summed E-state index contributed by atoms with van der Waals surface area (Å²) in [5.41, 5.74) is 2.30. The van der Waals surface area contributed by atoms with Crippen LogP contribution in [0.15, 0.2) is 78.9 Å². The maximum Gasteiger partial charge on any atom is 0.418 e. The molecule has 4 nitrogen and oxygen atoms in total. The molecule has 0 aliphatic heterocycles. The van der Waals surface area contributed by atoms with Gasteiger partial charge in [0.2, 0.25) is 0 Å². The van der Waals surface area contributed by atoms with E-state index < -0.39 is 17.6 Å². The van der Waals surface area contributed by atoms with Crippen LogP contribution in [0.2, 0.25) is 5.02 Å². The topological polar surface area (TPSA) is 36.3 Å². The summed E-state index contributed by atoms with van der Waals surface area (Å²) in [6, 6.07) is 21.4. The van der Waals surface area contributed by atoms with Gasteiger partial charge in [-0.2, -0.15) is 18.3 Å². The first-order chi connectivity index (χ1) is 19.2. The van der Waals surface area contributed by atoms with Crippen LogP contribution >= 0.6 is 11.6 Å². The van der Waals surface area contributed by atoms with Crippen molar-refractivity contribution in [3.8, 4) is 22.8 Å². The van der Waals surface area contributed by atoms with E-state index in [1.54, 1.807) is 20.3 Å². The highest BCUT2D eigenvalue weighted by atomic mass is 35.5. The number of hydrogen-bond donors (Lipinski definition) is 0. The first-order valence-corrected chi connectivity index (χ1v) is 12.9. The second-order valence-electron chi connectivity index (χ2n) is 9.29. The molecular weight excluding hydrogens is 544 g/mol. The average molecular weight is 569 g/mol. The summed E-state index contributed by atoms with van der Waals surface area (Å²) < 4.78 is 68.8. The summed E-state index contributed by atoms with van der Waals surface area (Å²) >= 11 is 5.91. The molecule has 0 bridgehead atoms. The molecule has 0 radical (unpaired) electrons. The van der Waals surface area contributed by atoms with E-state index in [0.717, 1.165) is 17.2 Å². The van der Waals surface area contributed by atoms with Crippen molar-refractivity contribution in [1.82, 2.24) is 9.78 Å². The second kappa shape index (κ2) is 11.2. The van der Waals surface area contributed by atoms with E-state index in [0.29, 0.717) is 41.0 Å². The third-order valence-corrected chi connectivity index (χ3v) is 7.01. The molecule has 206 valence electrons. The summed E-state index contributed by atoms with van der Waals surface area (Å²) in [7, 11) is 3.17. The Morgan fingerprint density at radius 2 is 1.62 bits per heavy atom. The number of methoxy groups -OCH3 is 2. The number of fused-ring (bicyclic) bond motifs is 1. The quantitative estimate of drug-likeness (QED) is 0.176. The minimum absolute atomic E-state index is 0.0739. The molecule has 0 aliphatic rings. The van der Waals surface area contributed by atoms with Gasteiger partial charge in [0.1, 0.15) is 11.3 Å². The number of benzene rings is 4. The minimum Gasteiger partial charge on any atom is -0.493 e. The largest absolute Gasteiger partial charge is 0.493 e. The van der Waals surface area contributed by atoms with E-state index >= 15 is 0 Å². The van der Waals surface area contributed by atoms with Crippen LogP contribution in [0.25, 0.3) is 22.2 Å². The van der Waals surface area contributed by atoms with Crippen molar-refractivity contribution in [3.63, 3.8) is 0 Å². The molecular formula is C31H25ClF4N2O2. The third kappa shape index (κ3) is 5.49. The number of aromatic nitrogens is 2. The zero-order chi connectivity index (χ0) is 28.4. The zero-order valence-corrected chi connectivity index (χ0v) is 22.5. The number of alkyl halides is 3. The normalized spacial score (nSPS) is 11.7. The lowest BCUT2D eigenvalue weighted by atomic mass is 9.99. The fraction of sp³-hybridized carbons (Fsp3) is 0.194. The van der Waals surface area contributed by atoms with Crippen molar-refractivity contribution < 1.29 is 27.0 Å². The van der Waals surface area contributed by atoms with E-state index in [-0.39, 0.29) is 22.6 Å². The Morgan fingerprint density at radius 1 is 0.850 bits per heavy atom.